The first-order chi connectivity index (χ1) is 13.3. The van der Waals surface area contributed by atoms with Gasteiger partial charge in [-0.2, -0.15) is 0 Å². The van der Waals surface area contributed by atoms with Gasteiger partial charge in [0.2, 0.25) is 0 Å². The molecule has 3 aromatic carbocycles. The smallest absolute Gasteiger partial charge is 0.161 e. The molecule has 0 amide bonds. The van der Waals surface area contributed by atoms with E-state index in [-0.39, 0.29) is 0 Å². The average Bonchev–Trinajstić information content (AvgIpc) is 3.13. The van der Waals surface area contributed by atoms with Gasteiger partial charge in [0.1, 0.15) is 0 Å². The van der Waals surface area contributed by atoms with E-state index in [1.165, 1.54) is 53.7 Å². The lowest BCUT2D eigenvalue weighted by atomic mass is 9.92. The van der Waals surface area contributed by atoms with Crippen LogP contribution in [0.25, 0.3) is 0 Å². The third-order valence-corrected chi connectivity index (χ3v) is 5.46. The number of rotatable bonds is 7. The topological polar surface area (TPSA) is 24.1 Å². The summed E-state index contributed by atoms with van der Waals surface area (Å²) in [5.41, 5.74) is 5.78. The lowest BCUT2D eigenvalue weighted by Gasteiger charge is -2.32. The molecule has 0 unspecified atom stereocenters. The van der Waals surface area contributed by atoms with Crippen molar-refractivity contribution in [2.45, 2.75) is 44.7 Å². The minimum Gasteiger partial charge on any atom is -0.354 e. The van der Waals surface area contributed by atoms with Gasteiger partial charge in [0.25, 0.3) is 0 Å². The molecule has 4 rings (SSSR count). The van der Waals surface area contributed by atoms with Gasteiger partial charge in [-0.05, 0) is 30.5 Å². The van der Waals surface area contributed by atoms with E-state index in [2.05, 4.69) is 96.4 Å². The highest BCUT2D eigenvalue weighted by molar-refractivity contribution is 5.80. The molecule has 1 aliphatic rings. The van der Waals surface area contributed by atoms with E-state index in [0.29, 0.717) is 0 Å². The quantitative estimate of drug-likeness (QED) is 0.469. The van der Waals surface area contributed by atoms with Crippen LogP contribution in [-0.2, 0) is 12.1 Å². The molecule has 0 fully saturated rings. The Labute approximate surface area is 162 Å². The molecule has 138 valence electrons. The molecule has 0 bridgehead atoms. The molecule has 0 aliphatic carbocycles. The van der Waals surface area contributed by atoms with E-state index in [4.69, 9.17) is 0 Å². The number of unbranched alkanes of at least 4 members (excludes halogenated alkanes) is 3. The van der Waals surface area contributed by atoms with Crippen molar-refractivity contribution in [3.05, 3.63) is 95.6 Å². The molecule has 1 aliphatic heterocycles. The van der Waals surface area contributed by atoms with Crippen molar-refractivity contribution in [2.24, 2.45) is 0 Å². The monoisotopic (exact) mass is 356 g/mol. The predicted octanol–water partition coefficient (Wildman–Crippen LogP) is 6.55. The third-order valence-electron chi connectivity index (χ3n) is 5.46. The molecule has 0 spiro atoms. The second-order valence-corrected chi connectivity index (χ2v) is 7.42. The van der Waals surface area contributed by atoms with Crippen LogP contribution in [-0.4, -0.2) is 0 Å². The van der Waals surface area contributed by atoms with Crippen molar-refractivity contribution >= 4 is 11.4 Å². The fourth-order valence-corrected chi connectivity index (χ4v) is 3.98. The van der Waals surface area contributed by atoms with Gasteiger partial charge in [0.15, 0.2) is 5.66 Å². The second kappa shape index (κ2) is 7.87. The van der Waals surface area contributed by atoms with E-state index in [9.17, 15) is 0 Å². The Morgan fingerprint density at radius 2 is 1.30 bits per heavy atom. The molecule has 2 nitrogen and oxygen atoms in total. The van der Waals surface area contributed by atoms with Gasteiger partial charge >= 0.3 is 0 Å². The molecule has 0 saturated heterocycles. The number of aryl methyl sites for hydroxylation is 1. The zero-order valence-corrected chi connectivity index (χ0v) is 16.0. The van der Waals surface area contributed by atoms with E-state index in [1.54, 1.807) is 0 Å². The summed E-state index contributed by atoms with van der Waals surface area (Å²) in [5.74, 6) is 0. The number of benzene rings is 3. The molecule has 3 aromatic rings. The van der Waals surface area contributed by atoms with Gasteiger partial charge in [-0.15, -0.1) is 0 Å². The first-order valence-corrected chi connectivity index (χ1v) is 10.1. The van der Waals surface area contributed by atoms with Gasteiger partial charge in [0.05, 0.1) is 11.4 Å². The minimum absolute atomic E-state index is 0.425. The average molecular weight is 357 g/mol. The van der Waals surface area contributed by atoms with Crippen LogP contribution in [0.1, 0.15) is 49.3 Å². The number of anilines is 2. The summed E-state index contributed by atoms with van der Waals surface area (Å²) in [4.78, 5) is 0. The first kappa shape index (κ1) is 17.7. The summed E-state index contributed by atoms with van der Waals surface area (Å²) in [7, 11) is 0. The van der Waals surface area contributed by atoms with Crippen molar-refractivity contribution in [3.8, 4) is 0 Å². The van der Waals surface area contributed by atoms with Crippen LogP contribution in [0.15, 0.2) is 78.9 Å². The van der Waals surface area contributed by atoms with Gasteiger partial charge < -0.3 is 10.6 Å². The molecule has 2 N–H and O–H groups in total. The summed E-state index contributed by atoms with van der Waals surface area (Å²) in [6.45, 7) is 2.26. The Hall–Kier alpha value is -2.74. The summed E-state index contributed by atoms with van der Waals surface area (Å²) in [5, 5.41) is 7.58. The van der Waals surface area contributed by atoms with Crippen LogP contribution in [0.2, 0.25) is 0 Å². The van der Waals surface area contributed by atoms with E-state index >= 15 is 0 Å². The standard InChI is InChI=1S/C25H28N2/c1-2-3-4-7-12-20-17-18-23-24(19-20)27-25(26-23,21-13-8-5-9-14-21)22-15-10-6-11-16-22/h5-6,8-11,13-19,26-27H,2-4,7,12H2,1H3. The van der Waals surface area contributed by atoms with Crippen LogP contribution in [0.4, 0.5) is 11.4 Å². The molecule has 1 heterocycles. The summed E-state index contributed by atoms with van der Waals surface area (Å²) in [6.07, 6.45) is 6.35. The fraction of sp³-hybridized carbons (Fsp3) is 0.280. The maximum atomic E-state index is 3.81. The van der Waals surface area contributed by atoms with E-state index in [1.807, 2.05) is 0 Å². The maximum absolute atomic E-state index is 3.81. The number of nitrogens with one attached hydrogen (secondary N) is 2. The fourth-order valence-electron chi connectivity index (χ4n) is 3.98. The minimum atomic E-state index is -0.425. The van der Waals surface area contributed by atoms with E-state index in [0.717, 1.165) is 6.42 Å². The molecule has 2 heteroatoms. The molecule has 0 aromatic heterocycles. The van der Waals surface area contributed by atoms with Crippen molar-refractivity contribution in [1.29, 1.82) is 0 Å². The highest BCUT2D eigenvalue weighted by atomic mass is 15.3. The summed E-state index contributed by atoms with van der Waals surface area (Å²) in [6, 6.07) is 28.1. The maximum Gasteiger partial charge on any atom is 0.161 e. The zero-order chi connectivity index (χ0) is 18.5. The van der Waals surface area contributed by atoms with Crippen LogP contribution in [0.5, 0.6) is 0 Å². The van der Waals surface area contributed by atoms with Crippen LogP contribution < -0.4 is 10.6 Å². The lowest BCUT2D eigenvalue weighted by Crippen LogP contribution is -2.39. The van der Waals surface area contributed by atoms with Crippen molar-refractivity contribution in [3.63, 3.8) is 0 Å². The molecule has 27 heavy (non-hydrogen) atoms. The predicted molar refractivity (Wildman–Crippen MR) is 115 cm³/mol. The molecule has 0 saturated carbocycles. The molecule has 0 radical (unpaired) electrons. The van der Waals surface area contributed by atoms with Crippen molar-refractivity contribution < 1.29 is 0 Å². The highest BCUT2D eigenvalue weighted by Gasteiger charge is 2.39. The Morgan fingerprint density at radius 1 is 0.667 bits per heavy atom. The number of fused-ring (bicyclic) bond motifs is 1. The SMILES string of the molecule is CCCCCCc1ccc2c(c1)NC(c1ccccc1)(c1ccccc1)N2. The number of hydrogen-bond acceptors (Lipinski definition) is 2. The third kappa shape index (κ3) is 3.57. The van der Waals surface area contributed by atoms with Crippen LogP contribution >= 0.6 is 0 Å². The molecular weight excluding hydrogens is 328 g/mol. The van der Waals surface area contributed by atoms with Crippen molar-refractivity contribution in [1.82, 2.24) is 0 Å². The summed E-state index contributed by atoms with van der Waals surface area (Å²) >= 11 is 0. The van der Waals surface area contributed by atoms with Gasteiger partial charge in [-0.3, -0.25) is 0 Å². The Balaban J connectivity index is 1.64. The van der Waals surface area contributed by atoms with Crippen LogP contribution in [0, 0.1) is 0 Å². The highest BCUT2D eigenvalue weighted by Crippen LogP contribution is 2.43. The Kier molecular flexibility index (Phi) is 5.15. The van der Waals surface area contributed by atoms with Gasteiger partial charge in [-0.1, -0.05) is 92.9 Å². The molecular formula is C25H28N2. The normalized spacial score (nSPS) is 14.3. The van der Waals surface area contributed by atoms with Gasteiger partial charge in [-0.25, -0.2) is 0 Å². The Morgan fingerprint density at radius 3 is 1.93 bits per heavy atom. The second-order valence-electron chi connectivity index (χ2n) is 7.42. The van der Waals surface area contributed by atoms with Gasteiger partial charge in [0, 0.05) is 11.1 Å². The van der Waals surface area contributed by atoms with E-state index < -0.39 is 5.66 Å². The largest absolute Gasteiger partial charge is 0.354 e. The molecule has 0 atom stereocenters. The number of hydrogen-bond donors (Lipinski definition) is 2. The first-order valence-electron chi connectivity index (χ1n) is 10.1. The van der Waals surface area contributed by atoms with Crippen molar-refractivity contribution in [2.75, 3.05) is 10.6 Å². The Bertz CT molecular complexity index is 832. The summed E-state index contributed by atoms with van der Waals surface area (Å²) < 4.78 is 0. The van der Waals surface area contributed by atoms with Crippen LogP contribution in [0.3, 0.4) is 0 Å². The lowest BCUT2D eigenvalue weighted by molar-refractivity contribution is 0.667. The zero-order valence-electron chi connectivity index (χ0n) is 16.0.